The molecule has 1 N–H and O–H groups in total. The van der Waals surface area contributed by atoms with Gasteiger partial charge in [-0.1, -0.05) is 0 Å². The standard InChI is InChI=1S/C6H15NO/c1-4-8-5-6(2)7-3/h6-7H,4-5H2,1-3H3/t6-/m0/s1. The first-order chi connectivity index (χ1) is 3.81. The Morgan fingerprint density at radius 3 is 2.62 bits per heavy atom. The lowest BCUT2D eigenvalue weighted by molar-refractivity contribution is 0.129. The molecule has 0 heterocycles. The zero-order valence-corrected chi connectivity index (χ0v) is 5.90. The average Bonchev–Trinajstić information content (AvgIpc) is 1.83. The van der Waals surface area contributed by atoms with Gasteiger partial charge < -0.3 is 10.1 Å². The van der Waals surface area contributed by atoms with E-state index >= 15 is 0 Å². The molecule has 0 saturated heterocycles. The van der Waals surface area contributed by atoms with Crippen LogP contribution in [0.25, 0.3) is 0 Å². The van der Waals surface area contributed by atoms with Crippen molar-refractivity contribution in [1.82, 2.24) is 5.32 Å². The van der Waals surface area contributed by atoms with Crippen LogP contribution in [-0.4, -0.2) is 26.3 Å². The lowest BCUT2D eigenvalue weighted by Gasteiger charge is -2.07. The molecule has 0 bridgehead atoms. The highest BCUT2D eigenvalue weighted by molar-refractivity contribution is 4.52. The van der Waals surface area contributed by atoms with Crippen molar-refractivity contribution in [2.45, 2.75) is 19.9 Å². The highest BCUT2D eigenvalue weighted by Gasteiger charge is 1.93. The molecule has 50 valence electrons. The van der Waals surface area contributed by atoms with Crippen LogP contribution in [0.2, 0.25) is 0 Å². The predicted molar refractivity (Wildman–Crippen MR) is 35.0 cm³/mol. The normalized spacial score (nSPS) is 13.9. The minimum absolute atomic E-state index is 0.481. The Morgan fingerprint density at radius 1 is 1.62 bits per heavy atom. The highest BCUT2D eigenvalue weighted by atomic mass is 16.5. The van der Waals surface area contributed by atoms with Crippen LogP contribution in [0.4, 0.5) is 0 Å². The molecule has 0 aromatic heterocycles. The Kier molecular flexibility index (Phi) is 5.01. The van der Waals surface area contributed by atoms with Gasteiger partial charge in [-0.2, -0.15) is 0 Å². The maximum atomic E-state index is 5.12. The number of ether oxygens (including phenoxy) is 1. The second-order valence-corrected chi connectivity index (χ2v) is 1.85. The number of hydrogen-bond donors (Lipinski definition) is 1. The van der Waals surface area contributed by atoms with Gasteiger partial charge in [0.25, 0.3) is 0 Å². The molecule has 2 nitrogen and oxygen atoms in total. The Morgan fingerprint density at radius 2 is 2.25 bits per heavy atom. The van der Waals surface area contributed by atoms with Gasteiger partial charge >= 0.3 is 0 Å². The lowest BCUT2D eigenvalue weighted by Crippen LogP contribution is -2.26. The Balaban J connectivity index is 2.86. The summed E-state index contributed by atoms with van der Waals surface area (Å²) in [5.74, 6) is 0. The van der Waals surface area contributed by atoms with Crippen molar-refractivity contribution in [3.05, 3.63) is 0 Å². The van der Waals surface area contributed by atoms with Gasteiger partial charge in [0.1, 0.15) is 0 Å². The summed E-state index contributed by atoms with van der Waals surface area (Å²) in [6, 6.07) is 0.481. The molecule has 0 aliphatic heterocycles. The van der Waals surface area contributed by atoms with Crippen LogP contribution in [0, 0.1) is 0 Å². The molecule has 8 heavy (non-hydrogen) atoms. The summed E-state index contributed by atoms with van der Waals surface area (Å²) in [5.41, 5.74) is 0. The SMILES string of the molecule is CCOC[C@H](C)NC. The van der Waals surface area contributed by atoms with E-state index in [-0.39, 0.29) is 0 Å². The fourth-order valence-electron chi connectivity index (χ4n) is 0.378. The number of nitrogens with one attached hydrogen (secondary N) is 1. The second kappa shape index (κ2) is 5.06. The van der Waals surface area contributed by atoms with E-state index < -0.39 is 0 Å². The van der Waals surface area contributed by atoms with E-state index in [1.807, 2.05) is 14.0 Å². The molecule has 0 aromatic rings. The van der Waals surface area contributed by atoms with Crippen molar-refractivity contribution in [2.75, 3.05) is 20.3 Å². The molecule has 0 unspecified atom stereocenters. The monoisotopic (exact) mass is 117 g/mol. The summed E-state index contributed by atoms with van der Waals surface area (Å²) in [4.78, 5) is 0. The number of likely N-dealkylation sites (N-methyl/N-ethyl adjacent to an activating group) is 1. The van der Waals surface area contributed by atoms with E-state index in [2.05, 4.69) is 12.2 Å². The third kappa shape index (κ3) is 4.09. The molecule has 0 fully saturated rings. The molecule has 0 saturated carbocycles. The molecule has 2 heteroatoms. The van der Waals surface area contributed by atoms with E-state index in [1.165, 1.54) is 0 Å². The zero-order valence-electron chi connectivity index (χ0n) is 5.90. The van der Waals surface area contributed by atoms with Crippen LogP contribution in [0.1, 0.15) is 13.8 Å². The molecule has 0 radical (unpaired) electrons. The van der Waals surface area contributed by atoms with Gasteiger partial charge in [-0.15, -0.1) is 0 Å². The molecular weight excluding hydrogens is 102 g/mol. The maximum Gasteiger partial charge on any atom is 0.0616 e. The minimum Gasteiger partial charge on any atom is -0.380 e. The smallest absolute Gasteiger partial charge is 0.0616 e. The van der Waals surface area contributed by atoms with Gasteiger partial charge in [0.15, 0.2) is 0 Å². The molecule has 0 spiro atoms. The topological polar surface area (TPSA) is 21.3 Å². The van der Waals surface area contributed by atoms with E-state index in [0.29, 0.717) is 6.04 Å². The van der Waals surface area contributed by atoms with Gasteiger partial charge in [-0.25, -0.2) is 0 Å². The molecular formula is C6H15NO. The van der Waals surface area contributed by atoms with Crippen molar-refractivity contribution in [3.8, 4) is 0 Å². The summed E-state index contributed by atoms with van der Waals surface area (Å²) in [6.45, 7) is 5.72. The Labute approximate surface area is 51.2 Å². The average molecular weight is 117 g/mol. The van der Waals surface area contributed by atoms with Gasteiger partial charge in [-0.05, 0) is 20.9 Å². The first-order valence-electron chi connectivity index (χ1n) is 3.06. The quantitative estimate of drug-likeness (QED) is 0.583. The van der Waals surface area contributed by atoms with Crippen LogP contribution in [0.3, 0.4) is 0 Å². The van der Waals surface area contributed by atoms with E-state index in [1.54, 1.807) is 0 Å². The fraction of sp³-hybridized carbons (Fsp3) is 1.00. The molecule has 0 aliphatic rings. The second-order valence-electron chi connectivity index (χ2n) is 1.85. The third-order valence-corrected chi connectivity index (χ3v) is 1.06. The van der Waals surface area contributed by atoms with Crippen LogP contribution in [0.5, 0.6) is 0 Å². The van der Waals surface area contributed by atoms with E-state index in [0.717, 1.165) is 13.2 Å². The first kappa shape index (κ1) is 7.92. The summed E-state index contributed by atoms with van der Waals surface area (Å²) in [6.07, 6.45) is 0. The highest BCUT2D eigenvalue weighted by Crippen LogP contribution is 1.80. The summed E-state index contributed by atoms with van der Waals surface area (Å²) >= 11 is 0. The zero-order chi connectivity index (χ0) is 6.41. The Hall–Kier alpha value is -0.0800. The van der Waals surface area contributed by atoms with Crippen molar-refractivity contribution < 1.29 is 4.74 Å². The van der Waals surface area contributed by atoms with Crippen molar-refractivity contribution in [1.29, 1.82) is 0 Å². The minimum atomic E-state index is 0.481. The fourth-order valence-corrected chi connectivity index (χ4v) is 0.378. The molecule has 0 aliphatic carbocycles. The number of rotatable bonds is 4. The van der Waals surface area contributed by atoms with Crippen LogP contribution >= 0.6 is 0 Å². The Bertz CT molecular complexity index is 47.8. The number of hydrogen-bond acceptors (Lipinski definition) is 2. The third-order valence-electron chi connectivity index (χ3n) is 1.06. The largest absolute Gasteiger partial charge is 0.380 e. The van der Waals surface area contributed by atoms with Crippen LogP contribution < -0.4 is 5.32 Å². The van der Waals surface area contributed by atoms with Crippen molar-refractivity contribution in [3.63, 3.8) is 0 Å². The molecule has 0 aromatic carbocycles. The van der Waals surface area contributed by atoms with Gasteiger partial charge in [-0.3, -0.25) is 0 Å². The first-order valence-corrected chi connectivity index (χ1v) is 3.06. The maximum absolute atomic E-state index is 5.12. The van der Waals surface area contributed by atoms with Crippen LogP contribution in [-0.2, 0) is 4.74 Å². The molecule has 0 rings (SSSR count). The lowest BCUT2D eigenvalue weighted by atomic mass is 10.4. The van der Waals surface area contributed by atoms with Crippen LogP contribution in [0.15, 0.2) is 0 Å². The molecule has 1 atom stereocenters. The van der Waals surface area contributed by atoms with Gasteiger partial charge in [0, 0.05) is 12.6 Å². The molecule has 0 amide bonds. The van der Waals surface area contributed by atoms with Gasteiger partial charge in [0.2, 0.25) is 0 Å². The summed E-state index contributed by atoms with van der Waals surface area (Å²) < 4.78 is 5.12. The summed E-state index contributed by atoms with van der Waals surface area (Å²) in [5, 5.41) is 3.07. The summed E-state index contributed by atoms with van der Waals surface area (Å²) in [7, 11) is 1.93. The van der Waals surface area contributed by atoms with E-state index in [4.69, 9.17) is 4.74 Å². The van der Waals surface area contributed by atoms with E-state index in [9.17, 15) is 0 Å². The van der Waals surface area contributed by atoms with Gasteiger partial charge in [0.05, 0.1) is 6.61 Å². The van der Waals surface area contributed by atoms with Crippen molar-refractivity contribution >= 4 is 0 Å². The van der Waals surface area contributed by atoms with Crippen molar-refractivity contribution in [2.24, 2.45) is 0 Å². The predicted octanol–water partition coefficient (Wildman–Crippen LogP) is 0.631.